The molecule has 0 spiro atoms. The molecule has 1 fully saturated rings. The van der Waals surface area contributed by atoms with Gasteiger partial charge in [0.15, 0.2) is 5.96 Å². The fourth-order valence-electron chi connectivity index (χ4n) is 2.56. The average Bonchev–Trinajstić information content (AvgIpc) is 3.00. The van der Waals surface area contributed by atoms with Crippen LogP contribution in [0.25, 0.3) is 0 Å². The Bertz CT molecular complexity index is 476. The van der Waals surface area contributed by atoms with Crippen LogP contribution in [0.15, 0.2) is 35.3 Å². The minimum atomic E-state index is -0.105. The van der Waals surface area contributed by atoms with E-state index in [1.54, 1.807) is 0 Å². The van der Waals surface area contributed by atoms with E-state index in [0.29, 0.717) is 19.8 Å². The van der Waals surface area contributed by atoms with E-state index in [-0.39, 0.29) is 29.6 Å². The molecular formula is C18H30IN3O2. The number of guanidine groups is 1. The second kappa shape index (κ2) is 11.7. The van der Waals surface area contributed by atoms with E-state index in [2.05, 4.69) is 41.6 Å². The summed E-state index contributed by atoms with van der Waals surface area (Å²) in [6.07, 6.45) is 2.21. The first kappa shape index (κ1) is 21.2. The minimum Gasteiger partial charge on any atom is -0.375 e. The number of aliphatic imine (C=N–C) groups is 1. The zero-order valence-electron chi connectivity index (χ0n) is 14.7. The summed E-state index contributed by atoms with van der Waals surface area (Å²) in [5.41, 5.74) is 1.09. The topological polar surface area (TPSA) is 54.9 Å². The van der Waals surface area contributed by atoms with Crippen molar-refractivity contribution in [2.45, 2.75) is 38.9 Å². The number of rotatable bonds is 8. The van der Waals surface area contributed by atoms with Crippen LogP contribution in [0, 0.1) is 0 Å². The standard InChI is InChI=1S/C18H29N3O2.HI/c1-3-19-17(21-15-18(2)10-7-12-23-18)20-11-13-22-14-16-8-5-4-6-9-16;/h4-6,8-9H,3,7,10-15H2,1-2H3,(H2,19,20,21);1H. The molecule has 0 bridgehead atoms. The summed E-state index contributed by atoms with van der Waals surface area (Å²) in [7, 11) is 0. The molecule has 0 amide bonds. The van der Waals surface area contributed by atoms with Crippen LogP contribution in [-0.2, 0) is 16.1 Å². The summed E-state index contributed by atoms with van der Waals surface area (Å²) in [5.74, 6) is 0.826. The highest BCUT2D eigenvalue weighted by atomic mass is 127. The third-order valence-electron chi connectivity index (χ3n) is 3.87. The molecular weight excluding hydrogens is 417 g/mol. The molecule has 136 valence electrons. The van der Waals surface area contributed by atoms with Crippen molar-refractivity contribution < 1.29 is 9.47 Å². The van der Waals surface area contributed by atoms with Crippen LogP contribution in [0.2, 0.25) is 0 Å². The summed E-state index contributed by atoms with van der Waals surface area (Å²) in [5, 5.41) is 6.57. The molecule has 1 atom stereocenters. The van der Waals surface area contributed by atoms with Gasteiger partial charge < -0.3 is 20.1 Å². The van der Waals surface area contributed by atoms with Crippen LogP contribution in [0.4, 0.5) is 0 Å². The lowest BCUT2D eigenvalue weighted by Gasteiger charge is -2.21. The molecule has 2 rings (SSSR count). The van der Waals surface area contributed by atoms with E-state index in [1.807, 2.05) is 18.2 Å². The maximum atomic E-state index is 5.77. The second-order valence-corrected chi connectivity index (χ2v) is 6.06. The molecule has 5 nitrogen and oxygen atoms in total. The minimum absolute atomic E-state index is 0. The summed E-state index contributed by atoms with van der Waals surface area (Å²) < 4.78 is 11.4. The molecule has 6 heteroatoms. The Morgan fingerprint density at radius 1 is 1.29 bits per heavy atom. The predicted molar refractivity (Wildman–Crippen MR) is 109 cm³/mol. The van der Waals surface area contributed by atoms with E-state index in [4.69, 9.17) is 9.47 Å². The first-order valence-corrected chi connectivity index (χ1v) is 8.50. The normalized spacial score (nSPS) is 20.5. The van der Waals surface area contributed by atoms with Gasteiger partial charge in [0.2, 0.25) is 0 Å². The van der Waals surface area contributed by atoms with Gasteiger partial charge in [-0.05, 0) is 32.3 Å². The van der Waals surface area contributed by atoms with Crippen molar-refractivity contribution in [3.8, 4) is 0 Å². The molecule has 1 saturated heterocycles. The van der Waals surface area contributed by atoms with E-state index in [0.717, 1.165) is 38.5 Å². The predicted octanol–water partition coefficient (Wildman–Crippen LogP) is 2.95. The van der Waals surface area contributed by atoms with Crippen LogP contribution in [-0.4, -0.2) is 44.4 Å². The number of halogens is 1. The van der Waals surface area contributed by atoms with Crippen molar-refractivity contribution in [3.05, 3.63) is 35.9 Å². The fraction of sp³-hybridized carbons (Fsp3) is 0.611. The first-order valence-electron chi connectivity index (χ1n) is 8.50. The van der Waals surface area contributed by atoms with E-state index >= 15 is 0 Å². The van der Waals surface area contributed by atoms with Crippen molar-refractivity contribution in [2.24, 2.45) is 4.99 Å². The summed E-state index contributed by atoms with van der Waals surface area (Å²) in [6.45, 7) is 8.60. The van der Waals surface area contributed by atoms with Crippen LogP contribution < -0.4 is 10.6 Å². The molecule has 0 aromatic heterocycles. The van der Waals surface area contributed by atoms with Crippen molar-refractivity contribution in [3.63, 3.8) is 0 Å². The molecule has 0 aliphatic carbocycles. The Labute approximate surface area is 162 Å². The van der Waals surface area contributed by atoms with Gasteiger partial charge in [-0.1, -0.05) is 30.3 Å². The third-order valence-corrected chi connectivity index (χ3v) is 3.87. The highest BCUT2D eigenvalue weighted by Crippen LogP contribution is 2.24. The maximum Gasteiger partial charge on any atom is 0.191 e. The lowest BCUT2D eigenvalue weighted by atomic mass is 10.0. The van der Waals surface area contributed by atoms with E-state index in [9.17, 15) is 0 Å². The second-order valence-electron chi connectivity index (χ2n) is 6.06. The molecule has 24 heavy (non-hydrogen) atoms. The van der Waals surface area contributed by atoms with Gasteiger partial charge in [-0.15, -0.1) is 24.0 Å². The monoisotopic (exact) mass is 447 g/mol. The lowest BCUT2D eigenvalue weighted by Crippen LogP contribution is -2.40. The molecule has 0 radical (unpaired) electrons. The number of ether oxygens (including phenoxy) is 2. The summed E-state index contributed by atoms with van der Waals surface area (Å²) >= 11 is 0. The van der Waals surface area contributed by atoms with E-state index in [1.165, 1.54) is 5.56 Å². The molecule has 1 unspecified atom stereocenters. The SMILES string of the molecule is CCNC(=NCC1(C)CCCO1)NCCOCc1ccccc1.I. The zero-order chi connectivity index (χ0) is 16.4. The highest BCUT2D eigenvalue weighted by molar-refractivity contribution is 14.0. The van der Waals surface area contributed by atoms with E-state index < -0.39 is 0 Å². The number of nitrogens with zero attached hydrogens (tertiary/aromatic N) is 1. The van der Waals surface area contributed by atoms with Crippen molar-refractivity contribution in [2.75, 3.05) is 32.8 Å². The third kappa shape index (κ3) is 7.81. The Balaban J connectivity index is 0.00000288. The zero-order valence-corrected chi connectivity index (χ0v) is 17.0. The van der Waals surface area contributed by atoms with Crippen LogP contribution in [0.3, 0.4) is 0 Å². The maximum absolute atomic E-state index is 5.77. The van der Waals surface area contributed by atoms with Gasteiger partial charge in [-0.2, -0.15) is 0 Å². The Morgan fingerprint density at radius 3 is 2.75 bits per heavy atom. The molecule has 1 heterocycles. The average molecular weight is 447 g/mol. The van der Waals surface area contributed by atoms with Crippen molar-refractivity contribution in [1.82, 2.24) is 10.6 Å². The van der Waals surface area contributed by atoms with Crippen LogP contribution in [0.5, 0.6) is 0 Å². The Hall–Kier alpha value is -0.860. The van der Waals surface area contributed by atoms with Gasteiger partial charge in [0, 0.05) is 19.7 Å². The Morgan fingerprint density at radius 2 is 2.08 bits per heavy atom. The lowest BCUT2D eigenvalue weighted by molar-refractivity contribution is 0.0283. The van der Waals surface area contributed by atoms with Gasteiger partial charge in [0.1, 0.15) is 0 Å². The quantitative estimate of drug-likeness (QED) is 0.279. The molecule has 1 aromatic carbocycles. The summed E-state index contributed by atoms with van der Waals surface area (Å²) in [6, 6.07) is 10.2. The van der Waals surface area contributed by atoms with Gasteiger partial charge in [0.05, 0.1) is 25.4 Å². The Kier molecular flexibility index (Phi) is 10.3. The largest absolute Gasteiger partial charge is 0.375 e. The molecule has 2 N–H and O–H groups in total. The number of nitrogens with one attached hydrogen (secondary N) is 2. The fourth-order valence-corrected chi connectivity index (χ4v) is 2.56. The van der Waals surface area contributed by atoms with Gasteiger partial charge in [-0.3, -0.25) is 4.99 Å². The van der Waals surface area contributed by atoms with Crippen LogP contribution >= 0.6 is 24.0 Å². The van der Waals surface area contributed by atoms with Crippen molar-refractivity contribution in [1.29, 1.82) is 0 Å². The highest BCUT2D eigenvalue weighted by Gasteiger charge is 2.29. The smallest absolute Gasteiger partial charge is 0.191 e. The van der Waals surface area contributed by atoms with Gasteiger partial charge in [-0.25, -0.2) is 0 Å². The molecule has 1 aliphatic heterocycles. The van der Waals surface area contributed by atoms with Gasteiger partial charge in [0.25, 0.3) is 0 Å². The molecule has 0 saturated carbocycles. The van der Waals surface area contributed by atoms with Crippen molar-refractivity contribution >= 4 is 29.9 Å². The number of hydrogen-bond acceptors (Lipinski definition) is 3. The number of benzene rings is 1. The van der Waals surface area contributed by atoms with Crippen LogP contribution in [0.1, 0.15) is 32.3 Å². The summed E-state index contributed by atoms with van der Waals surface area (Å²) in [4.78, 5) is 4.64. The first-order chi connectivity index (χ1) is 11.2. The molecule has 1 aromatic rings. The number of hydrogen-bond donors (Lipinski definition) is 2. The van der Waals surface area contributed by atoms with Gasteiger partial charge >= 0.3 is 0 Å². The molecule has 1 aliphatic rings.